The molecule has 0 aliphatic rings. The summed E-state index contributed by atoms with van der Waals surface area (Å²) in [6, 6.07) is 10.4. The van der Waals surface area contributed by atoms with Crippen LogP contribution in [0, 0.1) is 0 Å². The lowest BCUT2D eigenvalue weighted by Gasteiger charge is -2.13. The average Bonchev–Trinajstić information content (AvgIpc) is 2.61. The Labute approximate surface area is 139 Å². The molecule has 0 spiro atoms. The zero-order valence-corrected chi connectivity index (χ0v) is 13.3. The van der Waals surface area contributed by atoms with Crippen molar-refractivity contribution in [1.29, 1.82) is 0 Å². The van der Waals surface area contributed by atoms with E-state index in [0.29, 0.717) is 17.3 Å². The number of carbonyl (C=O) groups is 2. The van der Waals surface area contributed by atoms with Gasteiger partial charge >= 0.3 is 6.09 Å². The molecule has 2 amide bonds. The van der Waals surface area contributed by atoms with Crippen molar-refractivity contribution in [3.8, 4) is 5.75 Å². The lowest BCUT2D eigenvalue weighted by atomic mass is 10.2. The molecule has 2 aromatic rings. The second-order valence-electron chi connectivity index (χ2n) is 4.52. The predicted octanol–water partition coefficient (Wildman–Crippen LogP) is 2.22. The number of hydrazine groups is 1. The van der Waals surface area contributed by atoms with Crippen LogP contribution in [0.25, 0.3) is 0 Å². The largest absolute Gasteiger partial charge is 0.495 e. The number of anilines is 2. The summed E-state index contributed by atoms with van der Waals surface area (Å²) in [6.07, 6.45) is 0.807. The highest BCUT2D eigenvalue weighted by Crippen LogP contribution is 2.27. The molecule has 0 unspecified atom stereocenters. The first-order chi connectivity index (χ1) is 11.7. The first-order valence-electron chi connectivity index (χ1n) is 7.24. The van der Waals surface area contributed by atoms with Gasteiger partial charge in [-0.15, -0.1) is 0 Å². The van der Waals surface area contributed by atoms with E-state index in [-0.39, 0.29) is 12.2 Å². The van der Waals surface area contributed by atoms with E-state index in [2.05, 4.69) is 25.9 Å². The predicted molar refractivity (Wildman–Crippen MR) is 88.1 cm³/mol. The molecule has 0 aliphatic heterocycles. The van der Waals surface area contributed by atoms with E-state index in [1.165, 1.54) is 0 Å². The monoisotopic (exact) mass is 330 g/mol. The topological polar surface area (TPSA) is 102 Å². The molecular formula is C16H18N4O4. The van der Waals surface area contributed by atoms with Crippen molar-refractivity contribution in [3.63, 3.8) is 0 Å². The quantitative estimate of drug-likeness (QED) is 0.727. The number of aromatic nitrogens is 1. The van der Waals surface area contributed by atoms with E-state index < -0.39 is 12.0 Å². The van der Waals surface area contributed by atoms with Gasteiger partial charge in [-0.1, -0.05) is 12.1 Å². The normalized spacial score (nSPS) is 9.75. The highest BCUT2D eigenvalue weighted by Gasteiger charge is 2.14. The number of amides is 2. The number of ether oxygens (including phenoxy) is 2. The standard InChI is InChI=1S/C16H18N4O4/c1-3-24-16(22)20-19-15(21)11-7-6-10-17-14(11)18-12-8-4-5-9-13(12)23-2/h4-10H,3H2,1-2H3,(H,17,18)(H,19,21)(H,20,22). The smallest absolute Gasteiger partial charge is 0.426 e. The van der Waals surface area contributed by atoms with E-state index in [9.17, 15) is 9.59 Å². The molecule has 1 heterocycles. The summed E-state index contributed by atoms with van der Waals surface area (Å²) < 4.78 is 9.93. The Morgan fingerprint density at radius 2 is 1.92 bits per heavy atom. The van der Waals surface area contributed by atoms with Crippen molar-refractivity contribution in [2.45, 2.75) is 6.92 Å². The molecule has 0 aliphatic carbocycles. The third-order valence-corrected chi connectivity index (χ3v) is 2.97. The number of pyridine rings is 1. The molecule has 0 atom stereocenters. The Morgan fingerprint density at radius 1 is 1.12 bits per heavy atom. The van der Waals surface area contributed by atoms with Gasteiger partial charge in [0.2, 0.25) is 0 Å². The number of nitrogens with zero attached hydrogens (tertiary/aromatic N) is 1. The van der Waals surface area contributed by atoms with Crippen LogP contribution in [0.4, 0.5) is 16.3 Å². The molecule has 0 radical (unpaired) electrons. The van der Waals surface area contributed by atoms with Crippen LogP contribution in [-0.4, -0.2) is 30.7 Å². The minimum Gasteiger partial charge on any atom is -0.495 e. The van der Waals surface area contributed by atoms with Gasteiger partial charge in [0.15, 0.2) is 0 Å². The van der Waals surface area contributed by atoms with Gasteiger partial charge < -0.3 is 14.8 Å². The van der Waals surface area contributed by atoms with Crippen LogP contribution in [0.15, 0.2) is 42.6 Å². The van der Waals surface area contributed by atoms with Crippen LogP contribution in [0.2, 0.25) is 0 Å². The van der Waals surface area contributed by atoms with Crippen LogP contribution < -0.4 is 20.9 Å². The number of hydrogen-bond donors (Lipinski definition) is 3. The fourth-order valence-electron chi connectivity index (χ4n) is 1.91. The zero-order valence-electron chi connectivity index (χ0n) is 13.3. The van der Waals surface area contributed by atoms with E-state index >= 15 is 0 Å². The van der Waals surface area contributed by atoms with Crippen molar-refractivity contribution in [3.05, 3.63) is 48.2 Å². The number of methoxy groups -OCH3 is 1. The van der Waals surface area contributed by atoms with Gasteiger partial charge in [0, 0.05) is 6.20 Å². The Hall–Kier alpha value is -3.29. The van der Waals surface area contributed by atoms with Crippen LogP contribution in [0.1, 0.15) is 17.3 Å². The van der Waals surface area contributed by atoms with Crippen molar-refractivity contribution in [2.75, 3.05) is 19.0 Å². The van der Waals surface area contributed by atoms with Crippen LogP contribution in [0.3, 0.4) is 0 Å². The molecule has 1 aromatic carbocycles. The minimum absolute atomic E-state index is 0.204. The van der Waals surface area contributed by atoms with Crippen LogP contribution in [-0.2, 0) is 4.74 Å². The molecule has 8 heteroatoms. The number of carbonyl (C=O) groups excluding carboxylic acids is 2. The first kappa shape index (κ1) is 17.1. The summed E-state index contributed by atoms with van der Waals surface area (Å²) in [5.41, 5.74) is 5.33. The molecule has 3 N–H and O–H groups in total. The Kier molecular flexibility index (Phi) is 5.95. The molecule has 0 fully saturated rings. The Balaban J connectivity index is 2.15. The summed E-state index contributed by atoms with van der Waals surface area (Å²) in [7, 11) is 1.55. The van der Waals surface area contributed by atoms with Gasteiger partial charge in [0.1, 0.15) is 11.6 Å². The Morgan fingerprint density at radius 3 is 2.67 bits per heavy atom. The lowest BCUT2D eigenvalue weighted by molar-refractivity contribution is 0.0913. The van der Waals surface area contributed by atoms with Crippen molar-refractivity contribution < 1.29 is 19.1 Å². The maximum absolute atomic E-state index is 12.2. The minimum atomic E-state index is -0.742. The van der Waals surface area contributed by atoms with Gasteiger partial charge in [-0.05, 0) is 31.2 Å². The molecule has 0 saturated carbocycles. The number of para-hydroxylation sites is 2. The number of benzene rings is 1. The van der Waals surface area contributed by atoms with Gasteiger partial charge in [0.05, 0.1) is 25.0 Å². The summed E-state index contributed by atoms with van der Waals surface area (Å²) in [5.74, 6) is 0.401. The Bertz CT molecular complexity index is 721. The average molecular weight is 330 g/mol. The highest BCUT2D eigenvalue weighted by molar-refractivity contribution is 5.99. The second-order valence-corrected chi connectivity index (χ2v) is 4.52. The molecule has 126 valence electrons. The van der Waals surface area contributed by atoms with E-state index in [1.807, 2.05) is 12.1 Å². The van der Waals surface area contributed by atoms with Gasteiger partial charge in [-0.2, -0.15) is 0 Å². The third-order valence-electron chi connectivity index (χ3n) is 2.97. The molecule has 0 saturated heterocycles. The molecule has 2 rings (SSSR count). The van der Waals surface area contributed by atoms with Crippen LogP contribution in [0.5, 0.6) is 5.75 Å². The second kappa shape index (κ2) is 8.37. The third kappa shape index (κ3) is 4.35. The summed E-state index contributed by atoms with van der Waals surface area (Å²) in [5, 5.41) is 3.04. The van der Waals surface area contributed by atoms with Crippen LogP contribution >= 0.6 is 0 Å². The van der Waals surface area contributed by atoms with Gasteiger partial charge in [0.25, 0.3) is 5.91 Å². The van der Waals surface area contributed by atoms with Crippen molar-refractivity contribution in [1.82, 2.24) is 15.8 Å². The van der Waals surface area contributed by atoms with Crippen molar-refractivity contribution >= 4 is 23.5 Å². The zero-order chi connectivity index (χ0) is 17.4. The summed E-state index contributed by atoms with van der Waals surface area (Å²) in [6.45, 7) is 1.87. The molecule has 0 bridgehead atoms. The maximum Gasteiger partial charge on any atom is 0.426 e. The van der Waals surface area contributed by atoms with Gasteiger partial charge in [-0.25, -0.2) is 15.2 Å². The first-order valence-corrected chi connectivity index (χ1v) is 7.24. The fraction of sp³-hybridized carbons (Fsp3) is 0.188. The van der Waals surface area contributed by atoms with Gasteiger partial charge in [-0.3, -0.25) is 10.2 Å². The number of rotatable bonds is 5. The molecular weight excluding hydrogens is 312 g/mol. The molecule has 24 heavy (non-hydrogen) atoms. The fourth-order valence-corrected chi connectivity index (χ4v) is 1.91. The lowest BCUT2D eigenvalue weighted by Crippen LogP contribution is -2.42. The molecule has 8 nitrogen and oxygen atoms in total. The van der Waals surface area contributed by atoms with E-state index in [4.69, 9.17) is 4.74 Å². The maximum atomic E-state index is 12.2. The summed E-state index contributed by atoms with van der Waals surface area (Å²) in [4.78, 5) is 27.6. The van der Waals surface area contributed by atoms with E-state index in [0.717, 1.165) is 0 Å². The summed E-state index contributed by atoms with van der Waals surface area (Å²) >= 11 is 0. The number of hydrogen-bond acceptors (Lipinski definition) is 6. The number of nitrogens with one attached hydrogen (secondary N) is 3. The SMILES string of the molecule is CCOC(=O)NNC(=O)c1cccnc1Nc1ccccc1OC. The molecule has 1 aromatic heterocycles. The highest BCUT2D eigenvalue weighted by atomic mass is 16.6. The van der Waals surface area contributed by atoms with Crippen molar-refractivity contribution in [2.24, 2.45) is 0 Å². The van der Waals surface area contributed by atoms with E-state index in [1.54, 1.807) is 44.5 Å².